The summed E-state index contributed by atoms with van der Waals surface area (Å²) in [7, 11) is -1.88. The first-order valence-electron chi connectivity index (χ1n) is 10.7. The van der Waals surface area contributed by atoms with Gasteiger partial charge in [0.15, 0.2) is 0 Å². The van der Waals surface area contributed by atoms with E-state index in [1.807, 2.05) is 11.9 Å². The molecule has 3 aromatic rings. The summed E-state index contributed by atoms with van der Waals surface area (Å²) in [6.45, 7) is 1.84. The van der Waals surface area contributed by atoms with E-state index in [-0.39, 0.29) is 22.7 Å². The summed E-state index contributed by atoms with van der Waals surface area (Å²) in [4.78, 5) is 20.9. The predicted octanol–water partition coefficient (Wildman–Crippen LogP) is 3.14. The van der Waals surface area contributed by atoms with Crippen molar-refractivity contribution in [3.63, 3.8) is 0 Å². The van der Waals surface area contributed by atoms with Crippen LogP contribution in [0.2, 0.25) is 0 Å². The van der Waals surface area contributed by atoms with Gasteiger partial charge in [-0.3, -0.25) is 14.7 Å². The number of carbonyl (C=O) groups is 1. The number of carbonyl (C=O) groups excluding carboxylic acids is 1. The van der Waals surface area contributed by atoms with Crippen LogP contribution in [0.15, 0.2) is 71.8 Å². The maximum absolute atomic E-state index is 14.7. The second-order valence-corrected chi connectivity index (χ2v) is 9.98. The summed E-state index contributed by atoms with van der Waals surface area (Å²) in [6.07, 6.45) is 1.54. The van der Waals surface area contributed by atoms with Crippen LogP contribution in [0.1, 0.15) is 16.1 Å². The Morgan fingerprint density at radius 2 is 1.76 bits per heavy atom. The van der Waals surface area contributed by atoms with E-state index >= 15 is 0 Å². The van der Waals surface area contributed by atoms with Gasteiger partial charge in [0.05, 0.1) is 22.8 Å². The van der Waals surface area contributed by atoms with Crippen molar-refractivity contribution in [2.45, 2.75) is 11.4 Å². The number of pyridine rings is 1. The number of piperazine rings is 1. The molecule has 34 heavy (non-hydrogen) atoms. The summed E-state index contributed by atoms with van der Waals surface area (Å²) < 4.78 is 55.9. The maximum Gasteiger partial charge on any atom is 0.258 e. The lowest BCUT2D eigenvalue weighted by atomic mass is 10.1. The highest BCUT2D eigenvalue weighted by molar-refractivity contribution is 7.89. The molecule has 1 aromatic heterocycles. The van der Waals surface area contributed by atoms with Crippen LogP contribution in [0.25, 0.3) is 0 Å². The zero-order valence-electron chi connectivity index (χ0n) is 18.6. The molecule has 0 radical (unpaired) electrons. The highest BCUT2D eigenvalue weighted by atomic mass is 32.2. The van der Waals surface area contributed by atoms with Gasteiger partial charge in [0.1, 0.15) is 11.6 Å². The van der Waals surface area contributed by atoms with Gasteiger partial charge in [-0.25, -0.2) is 17.2 Å². The van der Waals surface area contributed by atoms with E-state index in [1.54, 1.807) is 24.4 Å². The number of hydrogen-bond acceptors (Lipinski definition) is 5. The van der Waals surface area contributed by atoms with Crippen molar-refractivity contribution < 1.29 is 22.0 Å². The molecule has 1 aliphatic rings. The van der Waals surface area contributed by atoms with Crippen LogP contribution in [-0.4, -0.2) is 61.7 Å². The highest BCUT2D eigenvalue weighted by Gasteiger charge is 2.29. The number of halogens is 2. The van der Waals surface area contributed by atoms with Gasteiger partial charge in [0.25, 0.3) is 5.91 Å². The Kier molecular flexibility index (Phi) is 7.01. The highest BCUT2D eigenvalue weighted by Crippen LogP contribution is 2.26. The molecule has 0 spiro atoms. The molecule has 0 saturated carbocycles. The molecule has 178 valence electrons. The summed E-state index contributed by atoms with van der Waals surface area (Å²) in [6, 6.07) is 13.7. The number of benzene rings is 2. The SMILES string of the molecule is CN1CCN(S(=O)(=O)c2cccc(C(=O)N(Cc3ccccn3)c3ccc(F)cc3F)c2)CC1. The van der Waals surface area contributed by atoms with E-state index in [2.05, 4.69) is 4.98 Å². The zero-order valence-corrected chi connectivity index (χ0v) is 19.4. The first kappa shape index (κ1) is 23.9. The maximum atomic E-state index is 14.7. The number of nitrogens with zero attached hydrogens (tertiary/aromatic N) is 4. The minimum atomic E-state index is -3.80. The lowest BCUT2D eigenvalue weighted by molar-refractivity contribution is 0.0983. The summed E-state index contributed by atoms with van der Waals surface area (Å²) >= 11 is 0. The lowest BCUT2D eigenvalue weighted by Crippen LogP contribution is -2.47. The molecule has 7 nitrogen and oxygen atoms in total. The minimum absolute atomic E-state index is 0.0136. The molecule has 0 atom stereocenters. The molecule has 4 rings (SSSR count). The topological polar surface area (TPSA) is 73.8 Å². The first-order chi connectivity index (χ1) is 16.3. The Hall–Kier alpha value is -3.21. The standard InChI is InChI=1S/C24H24F2N4O3S/c1-28-11-13-29(14-12-28)34(32,33)21-7-4-5-18(15-21)24(31)30(17-20-6-2-3-10-27-20)23-9-8-19(25)16-22(23)26/h2-10,15-16H,11-14,17H2,1H3. The van der Waals surface area contributed by atoms with Crippen molar-refractivity contribution in [2.75, 3.05) is 38.1 Å². The van der Waals surface area contributed by atoms with E-state index < -0.39 is 27.6 Å². The van der Waals surface area contributed by atoms with Crippen molar-refractivity contribution in [2.24, 2.45) is 0 Å². The number of sulfonamides is 1. The van der Waals surface area contributed by atoms with E-state index in [4.69, 9.17) is 0 Å². The lowest BCUT2D eigenvalue weighted by Gasteiger charge is -2.31. The number of likely N-dealkylation sites (N-methyl/N-ethyl adjacent to an activating group) is 1. The fraction of sp³-hybridized carbons (Fsp3) is 0.250. The summed E-state index contributed by atoms with van der Waals surface area (Å²) in [5.74, 6) is -2.32. The fourth-order valence-corrected chi connectivity index (χ4v) is 5.21. The Balaban J connectivity index is 1.69. The van der Waals surface area contributed by atoms with Crippen LogP contribution < -0.4 is 4.90 Å². The third-order valence-corrected chi connectivity index (χ3v) is 7.57. The van der Waals surface area contributed by atoms with E-state index in [9.17, 15) is 22.0 Å². The van der Waals surface area contributed by atoms with Crippen molar-refractivity contribution in [1.82, 2.24) is 14.2 Å². The van der Waals surface area contributed by atoms with Crippen molar-refractivity contribution in [3.8, 4) is 0 Å². The molecule has 0 aliphatic carbocycles. The van der Waals surface area contributed by atoms with E-state index in [0.717, 1.165) is 11.0 Å². The van der Waals surface area contributed by atoms with Crippen molar-refractivity contribution >= 4 is 21.6 Å². The zero-order chi connectivity index (χ0) is 24.3. The quantitative estimate of drug-likeness (QED) is 0.535. The van der Waals surface area contributed by atoms with Crippen LogP contribution in [0, 0.1) is 11.6 Å². The number of anilines is 1. The van der Waals surface area contributed by atoms with Gasteiger partial charge in [0, 0.05) is 44.0 Å². The summed E-state index contributed by atoms with van der Waals surface area (Å²) in [5, 5.41) is 0. The van der Waals surface area contributed by atoms with E-state index in [1.165, 1.54) is 34.6 Å². The molecule has 1 amide bonds. The third kappa shape index (κ3) is 5.14. The third-order valence-electron chi connectivity index (χ3n) is 5.67. The normalized spacial score (nSPS) is 15.3. The molecule has 10 heteroatoms. The largest absolute Gasteiger partial charge is 0.304 e. The van der Waals surface area contributed by atoms with Gasteiger partial charge in [-0.15, -0.1) is 0 Å². The van der Waals surface area contributed by atoms with Crippen LogP contribution in [0.3, 0.4) is 0 Å². The molecule has 0 unspecified atom stereocenters. The second-order valence-electron chi connectivity index (χ2n) is 8.04. The molecule has 0 N–H and O–H groups in total. The van der Waals surface area contributed by atoms with Crippen LogP contribution in [0.4, 0.5) is 14.5 Å². The number of hydrogen-bond donors (Lipinski definition) is 0. The Labute approximate surface area is 197 Å². The van der Waals surface area contributed by atoms with Gasteiger partial charge in [-0.05, 0) is 49.5 Å². The number of aromatic nitrogens is 1. The number of amides is 1. The molecule has 1 aliphatic heterocycles. The van der Waals surface area contributed by atoms with Gasteiger partial charge < -0.3 is 4.90 Å². The average molecular weight is 487 g/mol. The molecular weight excluding hydrogens is 462 g/mol. The van der Waals surface area contributed by atoms with E-state index in [0.29, 0.717) is 37.9 Å². The Bertz CT molecular complexity index is 1280. The van der Waals surface area contributed by atoms with Crippen molar-refractivity contribution in [1.29, 1.82) is 0 Å². The van der Waals surface area contributed by atoms with Crippen LogP contribution in [0.5, 0.6) is 0 Å². The predicted molar refractivity (Wildman–Crippen MR) is 124 cm³/mol. The van der Waals surface area contributed by atoms with Gasteiger partial charge in [0.2, 0.25) is 10.0 Å². The smallest absolute Gasteiger partial charge is 0.258 e. The molecule has 1 saturated heterocycles. The summed E-state index contributed by atoms with van der Waals surface area (Å²) in [5.41, 5.74) is 0.417. The molecule has 0 bridgehead atoms. The fourth-order valence-electron chi connectivity index (χ4n) is 3.74. The average Bonchev–Trinajstić information content (AvgIpc) is 2.83. The van der Waals surface area contributed by atoms with Crippen molar-refractivity contribution in [3.05, 3.63) is 89.8 Å². The van der Waals surface area contributed by atoms with Gasteiger partial charge >= 0.3 is 0 Å². The minimum Gasteiger partial charge on any atom is -0.304 e. The van der Waals surface area contributed by atoms with Gasteiger partial charge in [-0.2, -0.15) is 4.31 Å². The first-order valence-corrected chi connectivity index (χ1v) is 12.2. The molecule has 2 heterocycles. The second kappa shape index (κ2) is 9.96. The molecule has 1 fully saturated rings. The molecular formula is C24H24F2N4O3S. The Morgan fingerprint density at radius 3 is 2.44 bits per heavy atom. The molecule has 2 aromatic carbocycles. The van der Waals surface area contributed by atoms with Crippen LogP contribution >= 0.6 is 0 Å². The Morgan fingerprint density at radius 1 is 1.00 bits per heavy atom. The monoisotopic (exact) mass is 486 g/mol. The van der Waals surface area contributed by atoms with Crippen LogP contribution in [-0.2, 0) is 16.6 Å². The number of rotatable bonds is 6. The van der Waals surface area contributed by atoms with Gasteiger partial charge in [-0.1, -0.05) is 12.1 Å².